The molecule has 1 rings (SSSR count). The van der Waals surface area contributed by atoms with Crippen LogP contribution in [0.1, 0.15) is 26.3 Å². The molecular formula is C12H18ClNS. The largest absolute Gasteiger partial charge is 0.310 e. The maximum absolute atomic E-state index is 6.17. The molecule has 0 unspecified atom stereocenters. The predicted molar refractivity (Wildman–Crippen MR) is 69.8 cm³/mol. The number of benzene rings is 1. The Morgan fingerprint density at radius 1 is 1.40 bits per heavy atom. The summed E-state index contributed by atoms with van der Waals surface area (Å²) < 4.78 is 0. The van der Waals surface area contributed by atoms with E-state index in [1.165, 1.54) is 10.5 Å². The second-order valence-electron chi connectivity index (χ2n) is 3.70. The van der Waals surface area contributed by atoms with E-state index in [-0.39, 0.29) is 0 Å². The van der Waals surface area contributed by atoms with E-state index in [9.17, 15) is 0 Å². The molecule has 0 heterocycles. The molecule has 0 aliphatic carbocycles. The molecule has 0 atom stereocenters. The van der Waals surface area contributed by atoms with E-state index in [1.54, 1.807) is 0 Å². The van der Waals surface area contributed by atoms with Crippen molar-refractivity contribution in [1.82, 2.24) is 5.32 Å². The second kappa shape index (κ2) is 6.41. The van der Waals surface area contributed by atoms with E-state index >= 15 is 0 Å². The van der Waals surface area contributed by atoms with Gasteiger partial charge >= 0.3 is 0 Å². The van der Waals surface area contributed by atoms with Gasteiger partial charge in [-0.1, -0.05) is 44.5 Å². The second-order valence-corrected chi connectivity index (χ2v) is 5.38. The van der Waals surface area contributed by atoms with E-state index in [1.807, 2.05) is 23.9 Å². The summed E-state index contributed by atoms with van der Waals surface area (Å²) in [4.78, 5) is 1.22. The van der Waals surface area contributed by atoms with Gasteiger partial charge in [0.2, 0.25) is 0 Å². The fourth-order valence-corrected chi connectivity index (χ4v) is 2.49. The Morgan fingerprint density at radius 3 is 2.73 bits per heavy atom. The minimum atomic E-state index is 0.503. The topological polar surface area (TPSA) is 12.0 Å². The Kier molecular flexibility index (Phi) is 5.51. The molecule has 1 nitrogen and oxygen atoms in total. The van der Waals surface area contributed by atoms with Crippen LogP contribution >= 0.6 is 23.4 Å². The molecule has 0 spiro atoms. The quantitative estimate of drug-likeness (QED) is 0.786. The van der Waals surface area contributed by atoms with Gasteiger partial charge in [0.25, 0.3) is 0 Å². The highest BCUT2D eigenvalue weighted by molar-refractivity contribution is 7.99. The third-order valence-electron chi connectivity index (χ3n) is 2.04. The Bertz CT molecular complexity index is 312. The molecule has 0 bridgehead atoms. The SMILES string of the molecule is CCSc1c(Cl)cccc1CNC(C)C. The molecule has 0 saturated carbocycles. The maximum atomic E-state index is 6.17. The average Bonchev–Trinajstić information content (AvgIpc) is 2.19. The molecule has 0 aromatic heterocycles. The lowest BCUT2D eigenvalue weighted by atomic mass is 10.2. The Morgan fingerprint density at radius 2 is 2.13 bits per heavy atom. The highest BCUT2D eigenvalue weighted by Crippen LogP contribution is 2.30. The van der Waals surface area contributed by atoms with Crippen LogP contribution in [0.5, 0.6) is 0 Å². The number of nitrogens with one attached hydrogen (secondary N) is 1. The van der Waals surface area contributed by atoms with Crippen molar-refractivity contribution >= 4 is 23.4 Å². The van der Waals surface area contributed by atoms with E-state index < -0.39 is 0 Å². The lowest BCUT2D eigenvalue weighted by molar-refractivity contribution is 0.585. The van der Waals surface area contributed by atoms with Gasteiger partial charge in [0.1, 0.15) is 0 Å². The minimum Gasteiger partial charge on any atom is -0.310 e. The third-order valence-corrected chi connectivity index (χ3v) is 3.52. The lowest BCUT2D eigenvalue weighted by Gasteiger charge is -2.13. The highest BCUT2D eigenvalue weighted by atomic mass is 35.5. The summed E-state index contributed by atoms with van der Waals surface area (Å²) in [5.41, 5.74) is 1.29. The Labute approximate surface area is 102 Å². The zero-order valence-corrected chi connectivity index (χ0v) is 11.1. The van der Waals surface area contributed by atoms with Crippen LogP contribution in [0, 0.1) is 0 Å². The maximum Gasteiger partial charge on any atom is 0.0545 e. The fraction of sp³-hybridized carbons (Fsp3) is 0.500. The van der Waals surface area contributed by atoms with E-state index in [2.05, 4.69) is 32.2 Å². The standard InChI is InChI=1S/C12H18ClNS/c1-4-15-12-10(8-14-9(2)3)6-5-7-11(12)13/h5-7,9,14H,4,8H2,1-3H3. The monoisotopic (exact) mass is 243 g/mol. The lowest BCUT2D eigenvalue weighted by Crippen LogP contribution is -2.22. The van der Waals surface area contributed by atoms with Crippen LogP contribution in [-0.4, -0.2) is 11.8 Å². The molecule has 0 amide bonds. The molecule has 3 heteroatoms. The first kappa shape index (κ1) is 12.9. The van der Waals surface area contributed by atoms with Gasteiger partial charge in [-0.25, -0.2) is 0 Å². The molecule has 1 aromatic carbocycles. The van der Waals surface area contributed by atoms with Gasteiger partial charge in [0.15, 0.2) is 0 Å². The first-order valence-corrected chi connectivity index (χ1v) is 6.65. The van der Waals surface area contributed by atoms with Gasteiger partial charge in [0.05, 0.1) is 5.02 Å². The van der Waals surface area contributed by atoms with Crippen molar-refractivity contribution in [2.24, 2.45) is 0 Å². The van der Waals surface area contributed by atoms with Crippen LogP contribution in [0.25, 0.3) is 0 Å². The van der Waals surface area contributed by atoms with Crippen molar-refractivity contribution in [3.63, 3.8) is 0 Å². The van der Waals surface area contributed by atoms with Gasteiger partial charge in [-0.05, 0) is 17.4 Å². The number of rotatable bonds is 5. The van der Waals surface area contributed by atoms with Crippen molar-refractivity contribution < 1.29 is 0 Å². The summed E-state index contributed by atoms with van der Waals surface area (Å²) in [6.45, 7) is 7.34. The van der Waals surface area contributed by atoms with Gasteiger partial charge < -0.3 is 5.32 Å². The zero-order valence-electron chi connectivity index (χ0n) is 9.51. The van der Waals surface area contributed by atoms with Gasteiger partial charge in [-0.2, -0.15) is 0 Å². The van der Waals surface area contributed by atoms with Gasteiger partial charge in [-0.15, -0.1) is 11.8 Å². The molecule has 0 aliphatic rings. The van der Waals surface area contributed by atoms with Gasteiger partial charge in [0, 0.05) is 17.5 Å². The van der Waals surface area contributed by atoms with Crippen LogP contribution in [0.15, 0.2) is 23.1 Å². The number of hydrogen-bond acceptors (Lipinski definition) is 2. The molecule has 15 heavy (non-hydrogen) atoms. The van der Waals surface area contributed by atoms with E-state index in [0.717, 1.165) is 17.3 Å². The molecular weight excluding hydrogens is 226 g/mol. The Balaban J connectivity index is 2.80. The first-order chi connectivity index (χ1) is 7.15. The molecule has 84 valence electrons. The number of thioether (sulfide) groups is 1. The van der Waals surface area contributed by atoms with Crippen molar-refractivity contribution in [2.45, 2.75) is 38.3 Å². The van der Waals surface area contributed by atoms with Crippen molar-refractivity contribution in [3.8, 4) is 0 Å². The molecule has 0 fully saturated rings. The summed E-state index contributed by atoms with van der Waals surface area (Å²) in [7, 11) is 0. The fourth-order valence-electron chi connectivity index (χ4n) is 1.31. The summed E-state index contributed by atoms with van der Waals surface area (Å²) >= 11 is 7.98. The number of hydrogen-bond donors (Lipinski definition) is 1. The Hall–Kier alpha value is -0.180. The third kappa shape index (κ3) is 4.06. The van der Waals surface area contributed by atoms with E-state index in [4.69, 9.17) is 11.6 Å². The summed E-state index contributed by atoms with van der Waals surface area (Å²) in [5, 5.41) is 4.28. The zero-order chi connectivity index (χ0) is 11.3. The van der Waals surface area contributed by atoms with Crippen LogP contribution in [0.4, 0.5) is 0 Å². The normalized spacial score (nSPS) is 11.0. The minimum absolute atomic E-state index is 0.503. The van der Waals surface area contributed by atoms with Gasteiger partial charge in [-0.3, -0.25) is 0 Å². The smallest absolute Gasteiger partial charge is 0.0545 e. The first-order valence-electron chi connectivity index (χ1n) is 5.28. The molecule has 0 aliphatic heterocycles. The highest BCUT2D eigenvalue weighted by Gasteiger charge is 2.06. The van der Waals surface area contributed by atoms with E-state index in [0.29, 0.717) is 6.04 Å². The van der Waals surface area contributed by atoms with Crippen LogP contribution in [0.2, 0.25) is 5.02 Å². The van der Waals surface area contributed by atoms with Crippen molar-refractivity contribution in [1.29, 1.82) is 0 Å². The summed E-state index contributed by atoms with van der Waals surface area (Å²) in [6.07, 6.45) is 0. The molecule has 1 N–H and O–H groups in total. The molecule has 1 aromatic rings. The molecule has 0 radical (unpaired) electrons. The van der Waals surface area contributed by atoms with Crippen LogP contribution < -0.4 is 5.32 Å². The summed E-state index contributed by atoms with van der Waals surface area (Å²) in [5.74, 6) is 1.05. The average molecular weight is 244 g/mol. The molecule has 0 saturated heterocycles. The summed E-state index contributed by atoms with van der Waals surface area (Å²) in [6, 6.07) is 6.61. The van der Waals surface area contributed by atoms with Crippen LogP contribution in [0.3, 0.4) is 0 Å². The predicted octanol–water partition coefficient (Wildman–Crippen LogP) is 3.95. The van der Waals surface area contributed by atoms with Crippen LogP contribution in [-0.2, 0) is 6.54 Å². The number of halogens is 1. The van der Waals surface area contributed by atoms with Crippen molar-refractivity contribution in [2.75, 3.05) is 5.75 Å². The van der Waals surface area contributed by atoms with Crippen molar-refractivity contribution in [3.05, 3.63) is 28.8 Å².